The number of rotatable bonds is 2. The minimum absolute atomic E-state index is 0. The van der Waals surface area contributed by atoms with Crippen molar-refractivity contribution in [2.45, 2.75) is 18.9 Å². The van der Waals surface area contributed by atoms with Crippen molar-refractivity contribution in [2.24, 2.45) is 5.92 Å². The predicted molar refractivity (Wildman–Crippen MR) is 87.9 cm³/mol. The van der Waals surface area contributed by atoms with E-state index in [-0.39, 0.29) is 29.9 Å². The lowest BCUT2D eigenvalue weighted by Gasteiger charge is -2.44. The van der Waals surface area contributed by atoms with Gasteiger partial charge in [-0.05, 0) is 44.0 Å². The van der Waals surface area contributed by atoms with Crippen LogP contribution in [0.5, 0.6) is 0 Å². The second kappa shape index (κ2) is 6.29. The van der Waals surface area contributed by atoms with Crippen LogP contribution in [0, 0.1) is 5.92 Å². The van der Waals surface area contributed by atoms with E-state index in [0.29, 0.717) is 17.0 Å². The van der Waals surface area contributed by atoms with E-state index in [2.05, 4.69) is 15.2 Å². The van der Waals surface area contributed by atoms with Gasteiger partial charge in [-0.3, -0.25) is 4.79 Å². The van der Waals surface area contributed by atoms with E-state index in [1.807, 2.05) is 0 Å². The van der Waals surface area contributed by atoms with E-state index < -0.39 is 5.63 Å². The number of hydrogen-bond donors (Lipinski definition) is 1. The number of nitrogens with zero attached hydrogens (tertiary/aromatic N) is 2. The molecule has 1 atom stereocenters. The normalized spacial score (nSPS) is 25.8. The number of nitrogens with one attached hydrogen (secondary N) is 1. The molecule has 122 valence electrons. The van der Waals surface area contributed by atoms with Crippen LogP contribution < -0.4 is 10.9 Å². The zero-order valence-electron chi connectivity index (χ0n) is 12.5. The Kier molecular flexibility index (Phi) is 4.37. The summed E-state index contributed by atoms with van der Waals surface area (Å²) in [6.45, 7) is 3.16. The van der Waals surface area contributed by atoms with Crippen LogP contribution in [-0.4, -0.2) is 41.5 Å². The summed E-state index contributed by atoms with van der Waals surface area (Å²) in [5.74, 6) is 0.356. The van der Waals surface area contributed by atoms with Gasteiger partial charge in [0, 0.05) is 12.6 Å². The molecule has 1 N–H and O–H groups in total. The van der Waals surface area contributed by atoms with E-state index >= 15 is 0 Å². The number of piperidine rings is 3. The lowest BCUT2D eigenvalue weighted by molar-refractivity contribution is 0.0621. The molecular weight excluding hydrogens is 318 g/mol. The van der Waals surface area contributed by atoms with Gasteiger partial charge in [0.15, 0.2) is 5.58 Å². The molecule has 6 nitrogen and oxygen atoms in total. The van der Waals surface area contributed by atoms with Gasteiger partial charge in [0.25, 0.3) is 5.91 Å². The summed E-state index contributed by atoms with van der Waals surface area (Å²) in [4.78, 5) is 30.4. The molecule has 2 bridgehead atoms. The maximum absolute atomic E-state index is 12.6. The van der Waals surface area contributed by atoms with Crippen LogP contribution in [0.2, 0.25) is 0 Å². The van der Waals surface area contributed by atoms with Gasteiger partial charge in [-0.15, -0.1) is 12.4 Å². The van der Waals surface area contributed by atoms with Crippen molar-refractivity contribution in [3.8, 4) is 0 Å². The summed E-state index contributed by atoms with van der Waals surface area (Å²) >= 11 is 0. The number of para-hydroxylation sites is 1. The molecule has 1 amide bonds. The van der Waals surface area contributed by atoms with Crippen LogP contribution >= 0.6 is 12.4 Å². The van der Waals surface area contributed by atoms with Crippen molar-refractivity contribution in [3.05, 3.63) is 40.4 Å². The first-order chi connectivity index (χ1) is 10.7. The zero-order chi connectivity index (χ0) is 15.1. The molecule has 1 unspecified atom stereocenters. The number of halogens is 1. The average Bonchev–Trinajstić information content (AvgIpc) is 2.55. The second-order valence-corrected chi connectivity index (χ2v) is 6.05. The van der Waals surface area contributed by atoms with E-state index in [1.165, 1.54) is 0 Å². The first-order valence-corrected chi connectivity index (χ1v) is 7.63. The topological polar surface area (TPSA) is 75.4 Å². The summed E-state index contributed by atoms with van der Waals surface area (Å²) in [6, 6.07) is 5.32. The third-order valence-corrected chi connectivity index (χ3v) is 4.72. The monoisotopic (exact) mass is 335 g/mol. The Hall–Kier alpha value is -1.92. The second-order valence-electron chi connectivity index (χ2n) is 6.05. The predicted octanol–water partition coefficient (Wildman–Crippen LogP) is 1.43. The van der Waals surface area contributed by atoms with E-state index in [4.69, 9.17) is 4.42 Å². The SMILES string of the molecule is Cl.O=C(NC1CN2CCC1CC2)c1cccc2ncc(=O)oc12. The number of fused-ring (bicyclic) bond motifs is 4. The molecule has 2 aromatic rings. The summed E-state index contributed by atoms with van der Waals surface area (Å²) in [5.41, 5.74) is 0.602. The van der Waals surface area contributed by atoms with Crippen molar-refractivity contribution in [1.29, 1.82) is 0 Å². The van der Waals surface area contributed by atoms with Crippen molar-refractivity contribution < 1.29 is 9.21 Å². The van der Waals surface area contributed by atoms with Gasteiger partial charge in [-0.1, -0.05) is 6.07 Å². The average molecular weight is 336 g/mol. The molecule has 3 saturated heterocycles. The maximum atomic E-state index is 12.6. The van der Waals surface area contributed by atoms with Crippen molar-refractivity contribution >= 4 is 29.4 Å². The Labute approximate surface area is 139 Å². The Morgan fingerprint density at radius 3 is 2.78 bits per heavy atom. The highest BCUT2D eigenvalue weighted by Crippen LogP contribution is 2.28. The summed E-state index contributed by atoms with van der Waals surface area (Å²) < 4.78 is 5.18. The zero-order valence-corrected chi connectivity index (χ0v) is 13.3. The van der Waals surface area contributed by atoms with Crippen LogP contribution in [0.1, 0.15) is 23.2 Å². The smallest absolute Gasteiger partial charge is 0.354 e. The first kappa shape index (κ1) is 16.0. The standard InChI is InChI=1S/C16H17N3O3.ClH/c20-14-8-17-12-3-1-2-11(15(12)22-14)16(21)18-13-9-19-6-4-10(13)5-7-19;/h1-3,8,10,13H,4-7,9H2,(H,18,21);1H. The molecule has 23 heavy (non-hydrogen) atoms. The number of benzene rings is 1. The molecule has 0 radical (unpaired) electrons. The number of carbonyl (C=O) groups excluding carboxylic acids is 1. The van der Waals surface area contributed by atoms with Gasteiger partial charge in [-0.2, -0.15) is 0 Å². The minimum Gasteiger partial charge on any atom is -0.419 e. The molecule has 1 aromatic heterocycles. The largest absolute Gasteiger partial charge is 0.419 e. The number of aromatic nitrogens is 1. The van der Waals surface area contributed by atoms with Gasteiger partial charge in [-0.25, -0.2) is 9.78 Å². The van der Waals surface area contributed by atoms with Crippen molar-refractivity contribution in [1.82, 2.24) is 15.2 Å². The molecular formula is C16H18ClN3O3. The third kappa shape index (κ3) is 2.96. The summed E-state index contributed by atoms with van der Waals surface area (Å²) in [7, 11) is 0. The van der Waals surface area contributed by atoms with Crippen molar-refractivity contribution in [3.63, 3.8) is 0 Å². The molecule has 0 saturated carbocycles. The van der Waals surface area contributed by atoms with Crippen LogP contribution in [0.25, 0.3) is 11.1 Å². The van der Waals surface area contributed by atoms with Gasteiger partial charge < -0.3 is 14.6 Å². The molecule has 7 heteroatoms. The molecule has 5 rings (SSSR count). The quantitative estimate of drug-likeness (QED) is 0.898. The molecule has 1 aromatic carbocycles. The van der Waals surface area contributed by atoms with E-state index in [0.717, 1.165) is 38.7 Å². The highest BCUT2D eigenvalue weighted by molar-refractivity contribution is 6.04. The summed E-state index contributed by atoms with van der Waals surface area (Å²) in [6.07, 6.45) is 3.39. The lowest BCUT2D eigenvalue weighted by Crippen LogP contribution is -2.57. The lowest BCUT2D eigenvalue weighted by atomic mass is 9.84. The molecule has 3 aliphatic rings. The van der Waals surface area contributed by atoms with Gasteiger partial charge in [0.05, 0.1) is 5.56 Å². The molecule has 3 aliphatic heterocycles. The number of hydrogen-bond acceptors (Lipinski definition) is 5. The molecule has 4 heterocycles. The summed E-state index contributed by atoms with van der Waals surface area (Å²) in [5, 5.41) is 3.11. The minimum atomic E-state index is -0.546. The first-order valence-electron chi connectivity index (χ1n) is 7.63. The van der Waals surface area contributed by atoms with Crippen LogP contribution in [-0.2, 0) is 0 Å². The Morgan fingerprint density at radius 1 is 1.30 bits per heavy atom. The van der Waals surface area contributed by atoms with Gasteiger partial charge in [0.1, 0.15) is 11.7 Å². The Bertz CT molecular complexity index is 783. The van der Waals surface area contributed by atoms with Crippen LogP contribution in [0.3, 0.4) is 0 Å². The third-order valence-electron chi connectivity index (χ3n) is 4.72. The highest BCUT2D eigenvalue weighted by Gasteiger charge is 2.35. The molecule has 0 spiro atoms. The highest BCUT2D eigenvalue weighted by atomic mass is 35.5. The Morgan fingerprint density at radius 2 is 2.09 bits per heavy atom. The van der Waals surface area contributed by atoms with Crippen LogP contribution in [0.15, 0.2) is 33.6 Å². The number of amides is 1. The fourth-order valence-corrected chi connectivity index (χ4v) is 3.54. The van der Waals surface area contributed by atoms with Crippen molar-refractivity contribution in [2.75, 3.05) is 19.6 Å². The van der Waals surface area contributed by atoms with E-state index in [1.54, 1.807) is 18.2 Å². The van der Waals surface area contributed by atoms with Gasteiger partial charge >= 0.3 is 5.63 Å². The fraction of sp³-hybridized carbons (Fsp3) is 0.438. The maximum Gasteiger partial charge on any atom is 0.354 e. The number of carbonyl (C=O) groups is 1. The molecule has 3 fully saturated rings. The molecule has 0 aliphatic carbocycles. The van der Waals surface area contributed by atoms with E-state index in [9.17, 15) is 9.59 Å². The fourth-order valence-electron chi connectivity index (χ4n) is 3.54. The van der Waals surface area contributed by atoms with Crippen LogP contribution in [0.4, 0.5) is 0 Å². The Balaban J connectivity index is 0.00000156. The van der Waals surface area contributed by atoms with Gasteiger partial charge in [0.2, 0.25) is 0 Å².